The summed E-state index contributed by atoms with van der Waals surface area (Å²) in [4.78, 5) is 34.9. The molecule has 6 nitrogen and oxygen atoms in total. The van der Waals surface area contributed by atoms with Gasteiger partial charge in [-0.1, -0.05) is 30.3 Å². The molecule has 29 heavy (non-hydrogen) atoms. The zero-order valence-electron chi connectivity index (χ0n) is 16.3. The van der Waals surface area contributed by atoms with E-state index in [4.69, 9.17) is 0 Å². The SMILES string of the molecule is O=C(Cc1cn2ccsc2n1)N1CCC2(CCC(=O)N2Cc2ccccc2)CC1. The van der Waals surface area contributed by atoms with Crippen LogP contribution in [0.15, 0.2) is 48.1 Å². The molecule has 2 aliphatic rings. The Morgan fingerprint density at radius 3 is 2.69 bits per heavy atom. The molecule has 0 atom stereocenters. The van der Waals surface area contributed by atoms with Gasteiger partial charge in [0.15, 0.2) is 4.96 Å². The Kier molecular flexibility index (Phi) is 4.62. The first kappa shape index (κ1) is 18.4. The lowest BCUT2D eigenvalue weighted by atomic mass is 9.84. The van der Waals surface area contributed by atoms with E-state index in [9.17, 15) is 9.59 Å². The molecule has 5 rings (SSSR count). The fourth-order valence-electron chi connectivity index (χ4n) is 4.72. The average molecular weight is 409 g/mol. The maximum Gasteiger partial charge on any atom is 0.228 e. The van der Waals surface area contributed by atoms with Crippen molar-refractivity contribution in [2.75, 3.05) is 13.1 Å². The van der Waals surface area contributed by atoms with E-state index in [-0.39, 0.29) is 17.4 Å². The molecular weight excluding hydrogens is 384 g/mol. The van der Waals surface area contributed by atoms with Crippen LogP contribution < -0.4 is 0 Å². The summed E-state index contributed by atoms with van der Waals surface area (Å²) < 4.78 is 1.96. The first-order chi connectivity index (χ1) is 14.1. The van der Waals surface area contributed by atoms with Crippen molar-refractivity contribution in [2.24, 2.45) is 0 Å². The molecular formula is C22H24N4O2S. The third-order valence-corrected chi connectivity index (χ3v) is 7.15. The summed E-state index contributed by atoms with van der Waals surface area (Å²) >= 11 is 1.57. The minimum absolute atomic E-state index is 0.0965. The molecule has 2 aliphatic heterocycles. The molecule has 1 aromatic carbocycles. The Morgan fingerprint density at radius 2 is 1.93 bits per heavy atom. The summed E-state index contributed by atoms with van der Waals surface area (Å²) in [7, 11) is 0. The van der Waals surface area contributed by atoms with Gasteiger partial charge in [-0.2, -0.15) is 0 Å². The summed E-state index contributed by atoms with van der Waals surface area (Å²) in [5, 5.41) is 1.99. The van der Waals surface area contributed by atoms with E-state index in [1.54, 1.807) is 11.3 Å². The second-order valence-corrected chi connectivity index (χ2v) is 8.95. The largest absolute Gasteiger partial charge is 0.342 e. The summed E-state index contributed by atoms with van der Waals surface area (Å²) in [5.74, 6) is 0.372. The van der Waals surface area contributed by atoms with Gasteiger partial charge in [0.1, 0.15) is 0 Å². The maximum absolute atomic E-state index is 12.8. The third-order valence-electron chi connectivity index (χ3n) is 6.38. The number of benzene rings is 1. The molecule has 0 unspecified atom stereocenters. The van der Waals surface area contributed by atoms with Gasteiger partial charge in [-0.25, -0.2) is 4.98 Å². The second kappa shape index (κ2) is 7.30. The number of rotatable bonds is 4. The van der Waals surface area contributed by atoms with Crippen LogP contribution in [-0.4, -0.2) is 49.6 Å². The number of carbonyl (C=O) groups is 2. The number of amides is 2. The Morgan fingerprint density at radius 1 is 1.14 bits per heavy atom. The molecule has 0 saturated carbocycles. The molecule has 2 aromatic heterocycles. The monoisotopic (exact) mass is 408 g/mol. The van der Waals surface area contributed by atoms with E-state index >= 15 is 0 Å². The fraction of sp³-hybridized carbons (Fsp3) is 0.409. The van der Waals surface area contributed by atoms with Crippen molar-refractivity contribution in [1.82, 2.24) is 19.2 Å². The van der Waals surface area contributed by atoms with Crippen LogP contribution in [0.3, 0.4) is 0 Å². The smallest absolute Gasteiger partial charge is 0.228 e. The molecule has 7 heteroatoms. The lowest BCUT2D eigenvalue weighted by Crippen LogP contribution is -2.54. The van der Waals surface area contributed by atoms with E-state index in [0.717, 1.165) is 29.9 Å². The third kappa shape index (κ3) is 3.44. The first-order valence-electron chi connectivity index (χ1n) is 10.2. The van der Waals surface area contributed by atoms with Crippen molar-refractivity contribution in [2.45, 2.75) is 44.2 Å². The van der Waals surface area contributed by atoms with Gasteiger partial charge in [0.05, 0.1) is 12.1 Å². The van der Waals surface area contributed by atoms with Crippen molar-refractivity contribution < 1.29 is 9.59 Å². The first-order valence-corrected chi connectivity index (χ1v) is 11.0. The number of piperidine rings is 1. The van der Waals surface area contributed by atoms with Crippen LogP contribution in [0, 0.1) is 0 Å². The number of hydrogen-bond donors (Lipinski definition) is 0. The van der Waals surface area contributed by atoms with Gasteiger partial charge in [0, 0.05) is 49.4 Å². The summed E-state index contributed by atoms with van der Waals surface area (Å²) in [5.41, 5.74) is 1.89. The molecule has 0 bridgehead atoms. The van der Waals surface area contributed by atoms with Crippen LogP contribution in [0.1, 0.15) is 36.9 Å². The predicted octanol–water partition coefficient (Wildman–Crippen LogP) is 3.12. The van der Waals surface area contributed by atoms with Crippen LogP contribution in [0.5, 0.6) is 0 Å². The van der Waals surface area contributed by atoms with Crippen LogP contribution in [0.25, 0.3) is 4.96 Å². The molecule has 3 aromatic rings. The highest BCUT2D eigenvalue weighted by Crippen LogP contribution is 2.40. The van der Waals surface area contributed by atoms with Gasteiger partial charge in [0.25, 0.3) is 0 Å². The zero-order valence-corrected chi connectivity index (χ0v) is 17.1. The number of imidazole rings is 1. The summed E-state index contributed by atoms with van der Waals surface area (Å²) in [6, 6.07) is 10.2. The molecule has 0 aliphatic carbocycles. The van der Waals surface area contributed by atoms with Crippen LogP contribution in [0.2, 0.25) is 0 Å². The summed E-state index contributed by atoms with van der Waals surface area (Å²) in [6.45, 7) is 2.08. The number of likely N-dealkylation sites (tertiary alicyclic amines) is 2. The highest BCUT2D eigenvalue weighted by molar-refractivity contribution is 7.15. The standard InChI is InChI=1S/C22H24N4O2S/c27-19-6-7-22(26(19)15-17-4-2-1-3-5-17)8-10-24(11-9-22)20(28)14-18-16-25-12-13-29-21(25)23-18/h1-5,12-13,16H,6-11,14-15H2. The number of fused-ring (bicyclic) bond motifs is 1. The Labute approximate surface area is 173 Å². The molecule has 1 spiro atoms. The number of thiazole rings is 1. The van der Waals surface area contributed by atoms with Crippen molar-refractivity contribution in [1.29, 1.82) is 0 Å². The van der Waals surface area contributed by atoms with Crippen molar-refractivity contribution in [3.05, 3.63) is 59.4 Å². The fourth-order valence-corrected chi connectivity index (χ4v) is 5.44. The van der Waals surface area contributed by atoms with Gasteiger partial charge >= 0.3 is 0 Å². The van der Waals surface area contributed by atoms with Gasteiger partial charge in [-0.3, -0.25) is 14.0 Å². The Hall–Kier alpha value is -2.67. The van der Waals surface area contributed by atoms with Gasteiger partial charge in [-0.05, 0) is 24.8 Å². The van der Waals surface area contributed by atoms with Gasteiger partial charge < -0.3 is 9.80 Å². The molecule has 150 valence electrons. The normalized spacial score (nSPS) is 18.8. The van der Waals surface area contributed by atoms with Crippen molar-refractivity contribution >= 4 is 28.1 Å². The number of carbonyl (C=O) groups excluding carboxylic acids is 2. The number of nitrogens with zero attached hydrogens (tertiary/aromatic N) is 4. The highest BCUT2D eigenvalue weighted by atomic mass is 32.1. The molecule has 0 N–H and O–H groups in total. The summed E-state index contributed by atoms with van der Waals surface area (Å²) in [6.07, 6.45) is 7.47. The van der Waals surface area contributed by atoms with Crippen LogP contribution >= 0.6 is 11.3 Å². The predicted molar refractivity (Wildman–Crippen MR) is 112 cm³/mol. The molecule has 2 saturated heterocycles. The number of hydrogen-bond acceptors (Lipinski definition) is 4. The van der Waals surface area contributed by atoms with Gasteiger partial charge in [0.2, 0.25) is 11.8 Å². The lowest BCUT2D eigenvalue weighted by Gasteiger charge is -2.45. The average Bonchev–Trinajstić information content (AvgIpc) is 3.40. The van der Waals surface area contributed by atoms with E-state index < -0.39 is 0 Å². The molecule has 4 heterocycles. The second-order valence-electron chi connectivity index (χ2n) is 8.07. The van der Waals surface area contributed by atoms with E-state index in [0.29, 0.717) is 32.5 Å². The molecule has 2 amide bonds. The minimum Gasteiger partial charge on any atom is -0.342 e. The van der Waals surface area contributed by atoms with Crippen molar-refractivity contribution in [3.63, 3.8) is 0 Å². The van der Waals surface area contributed by atoms with E-state index in [2.05, 4.69) is 22.0 Å². The van der Waals surface area contributed by atoms with E-state index in [1.165, 1.54) is 5.56 Å². The quantitative estimate of drug-likeness (QED) is 0.667. The zero-order chi connectivity index (χ0) is 19.8. The lowest BCUT2D eigenvalue weighted by molar-refractivity contribution is -0.136. The van der Waals surface area contributed by atoms with Crippen LogP contribution in [0.4, 0.5) is 0 Å². The van der Waals surface area contributed by atoms with E-state index in [1.807, 2.05) is 45.3 Å². The van der Waals surface area contributed by atoms with Crippen molar-refractivity contribution in [3.8, 4) is 0 Å². The van der Waals surface area contributed by atoms with Crippen LogP contribution in [-0.2, 0) is 22.6 Å². The van der Waals surface area contributed by atoms with Gasteiger partial charge in [-0.15, -0.1) is 11.3 Å². The maximum atomic E-state index is 12.8. The Bertz CT molecular complexity index is 1000. The topological polar surface area (TPSA) is 57.9 Å². The Balaban J connectivity index is 1.24. The highest BCUT2D eigenvalue weighted by Gasteiger charge is 2.47. The molecule has 2 fully saturated rings. The molecule has 0 radical (unpaired) electrons. The minimum atomic E-state index is -0.0965. The number of aromatic nitrogens is 2.